The van der Waals surface area contributed by atoms with Gasteiger partial charge in [-0.25, -0.2) is 8.78 Å². The maximum absolute atomic E-state index is 15.0. The topological polar surface area (TPSA) is 99.5 Å². The summed E-state index contributed by atoms with van der Waals surface area (Å²) in [5.41, 5.74) is 0.428. The molecule has 0 saturated heterocycles. The molecule has 1 amide bonds. The van der Waals surface area contributed by atoms with Crippen LogP contribution in [0.1, 0.15) is 20.7 Å². The number of halogens is 2. The summed E-state index contributed by atoms with van der Waals surface area (Å²) in [6, 6.07) is 16.5. The fourth-order valence-electron chi connectivity index (χ4n) is 3.97. The number of ether oxygens (including phenoxy) is 2. The van der Waals surface area contributed by atoms with Crippen molar-refractivity contribution in [1.82, 2.24) is 9.55 Å². The normalized spacial score (nSPS) is 10.7. The van der Waals surface area contributed by atoms with E-state index in [4.69, 9.17) is 9.47 Å². The largest absolute Gasteiger partial charge is 0.496 e. The van der Waals surface area contributed by atoms with Crippen LogP contribution in [0.25, 0.3) is 16.6 Å². The highest BCUT2D eigenvalue weighted by Crippen LogP contribution is 2.34. The third-order valence-corrected chi connectivity index (χ3v) is 5.89. The molecule has 5 aromatic rings. The van der Waals surface area contributed by atoms with E-state index in [0.29, 0.717) is 34.2 Å². The minimum Gasteiger partial charge on any atom is -0.496 e. The van der Waals surface area contributed by atoms with Crippen molar-refractivity contribution in [3.05, 3.63) is 118 Å². The van der Waals surface area contributed by atoms with E-state index in [9.17, 15) is 23.2 Å². The number of carbonyl (C=O) groups excluding carboxylic acids is 2. The van der Waals surface area contributed by atoms with Crippen LogP contribution in [0.2, 0.25) is 0 Å². The highest BCUT2D eigenvalue weighted by atomic mass is 19.1. The van der Waals surface area contributed by atoms with Crippen LogP contribution in [0.3, 0.4) is 0 Å². The fourth-order valence-corrected chi connectivity index (χ4v) is 3.97. The third-order valence-electron chi connectivity index (χ3n) is 5.89. The number of pyridine rings is 2. The first kappa shape index (κ1) is 25.3. The number of nitrogens with one attached hydrogen (secondary N) is 1. The number of benzene rings is 3. The van der Waals surface area contributed by atoms with Crippen LogP contribution in [0.4, 0.5) is 14.5 Å². The summed E-state index contributed by atoms with van der Waals surface area (Å²) in [5, 5.41) is 3.01. The Morgan fingerprint density at radius 2 is 1.77 bits per heavy atom. The van der Waals surface area contributed by atoms with Crippen LogP contribution in [0.15, 0.2) is 90.0 Å². The van der Waals surface area contributed by atoms with Crippen molar-refractivity contribution in [3.63, 3.8) is 0 Å². The quantitative estimate of drug-likeness (QED) is 0.280. The summed E-state index contributed by atoms with van der Waals surface area (Å²) in [5.74, 6) is -1.52. The van der Waals surface area contributed by atoms with Crippen molar-refractivity contribution < 1.29 is 27.8 Å². The number of amides is 1. The van der Waals surface area contributed by atoms with Crippen LogP contribution in [0.5, 0.6) is 17.2 Å². The van der Waals surface area contributed by atoms with Gasteiger partial charge in [0.25, 0.3) is 11.5 Å². The first-order chi connectivity index (χ1) is 18.9. The Balaban J connectivity index is 1.38. The van der Waals surface area contributed by atoms with Gasteiger partial charge in [0.15, 0.2) is 17.9 Å². The molecule has 1 N–H and O–H groups in total. The fraction of sp³-hybridized carbons (Fsp3) is 0.0345. The highest BCUT2D eigenvalue weighted by Gasteiger charge is 2.16. The van der Waals surface area contributed by atoms with E-state index < -0.39 is 23.1 Å². The molecule has 0 bridgehead atoms. The number of methoxy groups -OCH3 is 1. The molecule has 0 radical (unpaired) electrons. The second kappa shape index (κ2) is 10.5. The monoisotopic (exact) mass is 527 g/mol. The molecule has 0 saturated carbocycles. The number of rotatable bonds is 7. The van der Waals surface area contributed by atoms with Crippen LogP contribution < -0.4 is 20.3 Å². The van der Waals surface area contributed by atoms with Crippen LogP contribution >= 0.6 is 0 Å². The zero-order valence-corrected chi connectivity index (χ0v) is 20.4. The summed E-state index contributed by atoms with van der Waals surface area (Å²) >= 11 is 0. The second-order valence-corrected chi connectivity index (χ2v) is 8.31. The Kier molecular flexibility index (Phi) is 6.83. The van der Waals surface area contributed by atoms with E-state index in [1.54, 1.807) is 12.1 Å². The highest BCUT2D eigenvalue weighted by molar-refractivity contribution is 6.04. The van der Waals surface area contributed by atoms with Gasteiger partial charge in [-0.3, -0.25) is 23.9 Å². The molecule has 3 aromatic carbocycles. The van der Waals surface area contributed by atoms with Gasteiger partial charge in [0.2, 0.25) is 0 Å². The van der Waals surface area contributed by atoms with Gasteiger partial charge in [-0.1, -0.05) is 0 Å². The minimum absolute atomic E-state index is 0.0957. The van der Waals surface area contributed by atoms with Crippen LogP contribution in [-0.2, 0) is 0 Å². The molecular formula is C29H19F2N3O5. The summed E-state index contributed by atoms with van der Waals surface area (Å²) in [7, 11) is 1.42. The number of hydrogen-bond acceptors (Lipinski definition) is 6. The van der Waals surface area contributed by atoms with Crippen molar-refractivity contribution in [2.24, 2.45) is 0 Å². The Morgan fingerprint density at radius 3 is 2.49 bits per heavy atom. The van der Waals surface area contributed by atoms with Crippen LogP contribution in [-0.4, -0.2) is 28.9 Å². The summed E-state index contributed by atoms with van der Waals surface area (Å²) in [4.78, 5) is 41.3. The molecule has 0 aliphatic rings. The molecular weight excluding hydrogens is 508 g/mol. The Morgan fingerprint density at radius 1 is 0.974 bits per heavy atom. The lowest BCUT2D eigenvalue weighted by molar-refractivity contribution is 0.102. The first-order valence-corrected chi connectivity index (χ1v) is 11.6. The number of aldehydes is 1. The average Bonchev–Trinajstić information content (AvgIpc) is 2.94. The molecule has 8 nitrogen and oxygen atoms in total. The summed E-state index contributed by atoms with van der Waals surface area (Å²) < 4.78 is 40.5. The molecule has 2 heterocycles. The van der Waals surface area contributed by atoms with E-state index in [-0.39, 0.29) is 22.7 Å². The van der Waals surface area contributed by atoms with Gasteiger partial charge in [-0.2, -0.15) is 0 Å². The molecule has 0 aliphatic carbocycles. The molecule has 0 fully saturated rings. The molecule has 0 spiro atoms. The third kappa shape index (κ3) is 5.08. The van der Waals surface area contributed by atoms with Gasteiger partial charge in [-0.05, 0) is 66.7 Å². The molecule has 2 aromatic heterocycles. The lowest BCUT2D eigenvalue weighted by atomic mass is 10.1. The predicted molar refractivity (Wildman–Crippen MR) is 140 cm³/mol. The zero-order chi connectivity index (χ0) is 27.5. The average molecular weight is 527 g/mol. The number of fused-ring (bicyclic) bond motifs is 1. The predicted octanol–water partition coefficient (Wildman–Crippen LogP) is 5.53. The molecule has 10 heteroatoms. The lowest BCUT2D eigenvalue weighted by Gasteiger charge is -2.13. The van der Waals surface area contributed by atoms with Gasteiger partial charge in [0.05, 0.1) is 18.2 Å². The zero-order valence-electron chi connectivity index (χ0n) is 20.4. The molecule has 39 heavy (non-hydrogen) atoms. The first-order valence-electron chi connectivity index (χ1n) is 11.6. The Labute approximate surface area is 220 Å². The van der Waals surface area contributed by atoms with E-state index >= 15 is 0 Å². The number of aromatic nitrogens is 2. The van der Waals surface area contributed by atoms with E-state index in [1.165, 1.54) is 78.7 Å². The van der Waals surface area contributed by atoms with Crippen molar-refractivity contribution in [2.75, 3.05) is 12.4 Å². The molecule has 0 atom stereocenters. The van der Waals surface area contributed by atoms with E-state index in [0.717, 1.165) is 6.07 Å². The minimum atomic E-state index is -0.772. The van der Waals surface area contributed by atoms with Gasteiger partial charge in [0.1, 0.15) is 22.9 Å². The Hall–Kier alpha value is -5.38. The van der Waals surface area contributed by atoms with Crippen molar-refractivity contribution in [2.45, 2.75) is 0 Å². The molecule has 5 rings (SSSR count). The van der Waals surface area contributed by atoms with Crippen molar-refractivity contribution in [3.8, 4) is 22.9 Å². The Bertz CT molecular complexity index is 1790. The number of anilines is 1. The van der Waals surface area contributed by atoms with Crippen LogP contribution in [0, 0.1) is 11.6 Å². The molecule has 0 unspecified atom stereocenters. The van der Waals surface area contributed by atoms with Crippen molar-refractivity contribution >= 4 is 28.8 Å². The number of hydrogen-bond donors (Lipinski definition) is 1. The summed E-state index contributed by atoms with van der Waals surface area (Å²) in [6.07, 6.45) is 3.56. The van der Waals surface area contributed by atoms with Crippen molar-refractivity contribution in [1.29, 1.82) is 0 Å². The van der Waals surface area contributed by atoms with E-state index in [2.05, 4.69) is 10.3 Å². The molecule has 194 valence electrons. The van der Waals surface area contributed by atoms with Gasteiger partial charge < -0.3 is 14.8 Å². The maximum Gasteiger partial charge on any atom is 0.267 e. The molecule has 0 aliphatic heterocycles. The van der Waals surface area contributed by atoms with E-state index in [1.807, 2.05) is 0 Å². The summed E-state index contributed by atoms with van der Waals surface area (Å²) in [6.45, 7) is 0. The van der Waals surface area contributed by atoms with Gasteiger partial charge in [-0.15, -0.1) is 0 Å². The second-order valence-electron chi connectivity index (χ2n) is 8.31. The van der Waals surface area contributed by atoms with Gasteiger partial charge >= 0.3 is 0 Å². The standard InChI is InChI=1S/C29H19F2N3O5/c1-38-27-15-22-24(13-17(27)16-35)32-11-10-25(22)39-26-9-6-19(14-23(26)31)33-28(36)21-3-2-12-34(29(21)37)20-7-4-18(30)5-8-20/h2-16H,1H3,(H,33,36). The smallest absolute Gasteiger partial charge is 0.267 e. The van der Waals surface area contributed by atoms with Gasteiger partial charge in [0, 0.05) is 35.2 Å². The SMILES string of the molecule is COc1cc2c(Oc3ccc(NC(=O)c4cccn(-c5ccc(F)cc5)c4=O)cc3F)ccnc2cc1C=O. The number of nitrogens with zero attached hydrogens (tertiary/aromatic N) is 2. The number of carbonyl (C=O) groups is 2. The lowest BCUT2D eigenvalue weighted by Crippen LogP contribution is -2.27. The maximum atomic E-state index is 15.0.